The van der Waals surface area contributed by atoms with Crippen LogP contribution in [0.5, 0.6) is 0 Å². The van der Waals surface area contributed by atoms with E-state index in [4.69, 9.17) is 0 Å². The topological polar surface area (TPSA) is 81.8 Å². The highest BCUT2D eigenvalue weighted by molar-refractivity contribution is 5.96. The summed E-state index contributed by atoms with van der Waals surface area (Å²) in [6.07, 6.45) is 5.09. The number of likely N-dealkylation sites (tertiary alicyclic amines) is 1. The average Bonchev–Trinajstić information content (AvgIpc) is 3.24. The van der Waals surface area contributed by atoms with Gasteiger partial charge in [-0.2, -0.15) is 5.10 Å². The number of H-pyrrole nitrogens is 2. The highest BCUT2D eigenvalue weighted by atomic mass is 16.2. The van der Waals surface area contributed by atoms with Crippen molar-refractivity contribution in [2.45, 2.75) is 44.9 Å². The number of aromatic amines is 2. The first-order valence-electron chi connectivity index (χ1n) is 8.68. The number of nitrogens with zero attached hydrogens (tertiary/aromatic N) is 2. The van der Waals surface area contributed by atoms with Crippen LogP contribution in [0, 0.1) is 6.92 Å². The summed E-state index contributed by atoms with van der Waals surface area (Å²) >= 11 is 0. The molecule has 0 spiro atoms. The lowest BCUT2D eigenvalue weighted by Crippen LogP contribution is -2.39. The fraction of sp³-hybridized carbons (Fsp3) is 0.500. The normalized spacial score (nSPS) is 20.2. The average molecular weight is 326 g/mol. The quantitative estimate of drug-likeness (QED) is 0.884. The molecule has 0 radical (unpaired) electrons. The number of benzene rings is 1. The molecule has 1 atom stereocenters. The van der Waals surface area contributed by atoms with Gasteiger partial charge in [0.1, 0.15) is 5.82 Å². The van der Waals surface area contributed by atoms with E-state index in [-0.39, 0.29) is 17.5 Å². The van der Waals surface area contributed by atoms with E-state index < -0.39 is 0 Å². The van der Waals surface area contributed by atoms with Crippen molar-refractivity contribution in [2.24, 2.45) is 0 Å². The second kappa shape index (κ2) is 5.92. The molecule has 1 aliphatic carbocycles. The number of aromatic nitrogens is 3. The van der Waals surface area contributed by atoms with Gasteiger partial charge >= 0.3 is 5.69 Å². The molecule has 1 amide bonds. The monoisotopic (exact) mass is 326 g/mol. The van der Waals surface area contributed by atoms with Crippen molar-refractivity contribution >= 4 is 5.91 Å². The second-order valence-corrected chi connectivity index (χ2v) is 6.89. The van der Waals surface area contributed by atoms with Crippen LogP contribution in [0.15, 0.2) is 16.9 Å². The van der Waals surface area contributed by atoms with E-state index in [1.54, 1.807) is 0 Å². The van der Waals surface area contributed by atoms with Crippen molar-refractivity contribution in [2.75, 3.05) is 13.1 Å². The molecule has 6 nitrogen and oxygen atoms in total. The number of fused-ring (bicyclic) bond motifs is 1. The van der Waals surface area contributed by atoms with Crippen molar-refractivity contribution in [3.63, 3.8) is 0 Å². The van der Waals surface area contributed by atoms with E-state index in [9.17, 15) is 9.59 Å². The Balaban J connectivity index is 1.59. The third-order valence-electron chi connectivity index (χ3n) is 5.36. The van der Waals surface area contributed by atoms with Gasteiger partial charge in [-0.15, -0.1) is 0 Å². The van der Waals surface area contributed by atoms with Crippen LogP contribution in [0.1, 0.15) is 58.1 Å². The van der Waals surface area contributed by atoms with Gasteiger partial charge in [-0.1, -0.05) is 6.07 Å². The molecule has 24 heavy (non-hydrogen) atoms. The largest absolute Gasteiger partial charge is 0.340 e. The highest BCUT2D eigenvalue weighted by Crippen LogP contribution is 2.31. The van der Waals surface area contributed by atoms with Gasteiger partial charge in [-0.3, -0.25) is 9.78 Å². The van der Waals surface area contributed by atoms with Gasteiger partial charge in [0.05, 0.1) is 0 Å². The fourth-order valence-corrected chi connectivity index (χ4v) is 4.12. The lowest BCUT2D eigenvalue weighted by Gasteiger charge is -2.32. The number of rotatable bonds is 2. The van der Waals surface area contributed by atoms with E-state index in [0.29, 0.717) is 12.4 Å². The molecule has 1 unspecified atom stereocenters. The smallest absolute Gasteiger partial charge is 0.338 e. The van der Waals surface area contributed by atoms with Crippen LogP contribution in [0.2, 0.25) is 0 Å². The Morgan fingerprint density at radius 2 is 2.08 bits per heavy atom. The van der Waals surface area contributed by atoms with Gasteiger partial charge in [0.2, 0.25) is 0 Å². The molecule has 4 rings (SSSR count). The predicted octanol–water partition coefficient (Wildman–Crippen LogP) is 1.91. The van der Waals surface area contributed by atoms with Crippen LogP contribution in [-0.2, 0) is 12.8 Å². The summed E-state index contributed by atoms with van der Waals surface area (Å²) in [7, 11) is 0. The first-order valence-corrected chi connectivity index (χ1v) is 8.68. The Morgan fingerprint density at radius 3 is 2.88 bits per heavy atom. The zero-order valence-corrected chi connectivity index (χ0v) is 13.9. The van der Waals surface area contributed by atoms with Crippen LogP contribution in [0.3, 0.4) is 0 Å². The Bertz CT molecular complexity index is 836. The lowest BCUT2D eigenvalue weighted by atomic mass is 9.94. The van der Waals surface area contributed by atoms with Crippen molar-refractivity contribution < 1.29 is 4.79 Å². The van der Waals surface area contributed by atoms with Gasteiger partial charge in [-0.05, 0) is 61.8 Å². The van der Waals surface area contributed by atoms with Gasteiger partial charge in [-0.25, -0.2) is 9.89 Å². The molecular weight excluding hydrogens is 304 g/mol. The summed E-state index contributed by atoms with van der Waals surface area (Å²) in [5, 5.41) is 6.46. The van der Waals surface area contributed by atoms with Gasteiger partial charge in [0.15, 0.2) is 0 Å². The van der Waals surface area contributed by atoms with Gasteiger partial charge in [0.25, 0.3) is 5.91 Å². The maximum absolute atomic E-state index is 13.1. The molecular formula is C18H22N4O2. The predicted molar refractivity (Wildman–Crippen MR) is 90.3 cm³/mol. The van der Waals surface area contributed by atoms with Crippen LogP contribution in [-0.4, -0.2) is 39.1 Å². The first kappa shape index (κ1) is 15.2. The minimum absolute atomic E-state index is 0.0974. The van der Waals surface area contributed by atoms with E-state index in [0.717, 1.165) is 44.2 Å². The van der Waals surface area contributed by atoms with Crippen LogP contribution in [0.25, 0.3) is 0 Å². The van der Waals surface area contributed by atoms with E-state index >= 15 is 0 Å². The Labute approximate surface area is 140 Å². The first-order chi connectivity index (χ1) is 11.6. The molecule has 6 heteroatoms. The van der Waals surface area contributed by atoms with Gasteiger partial charge in [0, 0.05) is 24.6 Å². The van der Waals surface area contributed by atoms with E-state index in [1.165, 1.54) is 16.7 Å². The third-order valence-corrected chi connectivity index (χ3v) is 5.36. The van der Waals surface area contributed by atoms with Crippen LogP contribution in [0.4, 0.5) is 0 Å². The molecule has 1 aromatic heterocycles. The number of hydrogen-bond donors (Lipinski definition) is 2. The number of piperidine rings is 1. The molecule has 1 aromatic carbocycles. The fourth-order valence-electron chi connectivity index (χ4n) is 4.12. The molecule has 0 bridgehead atoms. The van der Waals surface area contributed by atoms with Crippen molar-refractivity contribution in [3.8, 4) is 0 Å². The number of nitrogens with one attached hydrogen (secondary N) is 2. The third kappa shape index (κ3) is 2.56. The molecule has 126 valence electrons. The minimum atomic E-state index is -0.287. The standard InChI is InChI=1S/C18H22N4O2/c1-11-7-8-15(14-6-2-5-13(11)14)17(23)22-9-3-4-12(10-22)16-19-18(24)21-20-16/h7-8,12H,2-6,9-10H2,1H3,(H2,19,20,21,24). The van der Waals surface area contributed by atoms with Gasteiger partial charge < -0.3 is 4.90 Å². The maximum atomic E-state index is 13.1. The second-order valence-electron chi connectivity index (χ2n) is 6.89. The molecule has 2 aromatic rings. The van der Waals surface area contributed by atoms with Crippen LogP contribution < -0.4 is 5.69 Å². The summed E-state index contributed by atoms with van der Waals surface area (Å²) in [6.45, 7) is 3.51. The number of amides is 1. The van der Waals surface area contributed by atoms with E-state index in [1.807, 2.05) is 11.0 Å². The van der Waals surface area contributed by atoms with Crippen molar-refractivity contribution in [3.05, 3.63) is 50.7 Å². The zero-order valence-electron chi connectivity index (χ0n) is 13.9. The SMILES string of the molecule is Cc1ccc(C(=O)N2CCCC(c3n[nH]c(=O)[nH]3)C2)c2c1CCC2. The highest BCUT2D eigenvalue weighted by Gasteiger charge is 2.29. The number of carbonyl (C=O) groups is 1. The van der Waals surface area contributed by atoms with Crippen LogP contribution >= 0.6 is 0 Å². The summed E-state index contributed by atoms with van der Waals surface area (Å²) in [4.78, 5) is 29.0. The molecule has 2 N–H and O–H groups in total. The summed E-state index contributed by atoms with van der Waals surface area (Å²) < 4.78 is 0. The number of aryl methyl sites for hydroxylation is 1. The Kier molecular flexibility index (Phi) is 3.75. The van der Waals surface area contributed by atoms with E-state index in [2.05, 4.69) is 28.2 Å². The maximum Gasteiger partial charge on any atom is 0.340 e. The van der Waals surface area contributed by atoms with Crippen molar-refractivity contribution in [1.82, 2.24) is 20.1 Å². The summed E-state index contributed by atoms with van der Waals surface area (Å²) in [6, 6.07) is 4.06. The molecule has 0 saturated carbocycles. The molecule has 2 heterocycles. The molecule has 2 aliphatic rings. The Hall–Kier alpha value is -2.37. The minimum Gasteiger partial charge on any atom is -0.338 e. The molecule has 1 fully saturated rings. The zero-order chi connectivity index (χ0) is 16.7. The lowest BCUT2D eigenvalue weighted by molar-refractivity contribution is 0.0703. The molecule has 1 aliphatic heterocycles. The van der Waals surface area contributed by atoms with Crippen molar-refractivity contribution in [1.29, 1.82) is 0 Å². The number of hydrogen-bond acceptors (Lipinski definition) is 3. The Morgan fingerprint density at radius 1 is 1.25 bits per heavy atom. The summed E-state index contributed by atoms with van der Waals surface area (Å²) in [5.74, 6) is 0.877. The number of carbonyl (C=O) groups excluding carboxylic acids is 1. The summed E-state index contributed by atoms with van der Waals surface area (Å²) in [5.41, 5.74) is 4.49. The molecule has 1 saturated heterocycles.